The van der Waals surface area contributed by atoms with Crippen LogP contribution in [-0.4, -0.2) is 36.9 Å². The molecule has 0 bridgehead atoms. The molecule has 0 saturated heterocycles. The first-order valence-electron chi connectivity index (χ1n) is 4.83. The molecule has 4 heteroatoms. The van der Waals surface area contributed by atoms with Crippen LogP contribution in [0.3, 0.4) is 0 Å². The van der Waals surface area contributed by atoms with Gasteiger partial charge in [-0.05, 0) is 32.3 Å². The smallest absolute Gasteiger partial charge is 0.150 e. The predicted octanol–water partition coefficient (Wildman–Crippen LogP) is 1.68. The van der Waals surface area contributed by atoms with Crippen LogP contribution in [-0.2, 0) is 4.79 Å². The van der Waals surface area contributed by atoms with Crippen LogP contribution in [0.1, 0.15) is 5.56 Å². The number of hydrogen-bond acceptors (Lipinski definition) is 3. The van der Waals surface area contributed by atoms with Crippen LogP contribution in [0.15, 0.2) is 24.3 Å². The van der Waals surface area contributed by atoms with Gasteiger partial charge < -0.3 is 10.0 Å². The molecule has 0 unspecified atom stereocenters. The third kappa shape index (κ3) is 3.17. The van der Waals surface area contributed by atoms with Crippen LogP contribution in [0.2, 0.25) is 0 Å². The number of phenols is 1. The molecule has 3 nitrogen and oxygen atoms in total. The van der Waals surface area contributed by atoms with Crippen molar-refractivity contribution in [2.75, 3.05) is 20.6 Å². The van der Waals surface area contributed by atoms with Gasteiger partial charge in [0.1, 0.15) is 11.6 Å². The Balaban J connectivity index is 3.08. The first kappa shape index (κ1) is 12.4. The third-order valence-corrected chi connectivity index (χ3v) is 2.07. The summed E-state index contributed by atoms with van der Waals surface area (Å²) in [6.45, 7) is 0.546. The van der Waals surface area contributed by atoms with Gasteiger partial charge in [-0.3, -0.25) is 4.79 Å². The monoisotopic (exact) mass is 223 g/mol. The fourth-order valence-corrected chi connectivity index (χ4v) is 1.24. The zero-order valence-corrected chi connectivity index (χ0v) is 9.27. The van der Waals surface area contributed by atoms with Gasteiger partial charge in [-0.25, -0.2) is 4.39 Å². The minimum absolute atomic E-state index is 0.0986. The second-order valence-electron chi connectivity index (χ2n) is 3.70. The first-order chi connectivity index (χ1) is 7.54. The Bertz CT molecular complexity index is 413. The molecular weight excluding hydrogens is 209 g/mol. The lowest BCUT2D eigenvalue weighted by Crippen LogP contribution is -2.11. The highest BCUT2D eigenvalue weighted by Gasteiger charge is 2.07. The second kappa shape index (κ2) is 5.42. The Morgan fingerprint density at radius 1 is 1.50 bits per heavy atom. The van der Waals surface area contributed by atoms with Crippen molar-refractivity contribution in [3.63, 3.8) is 0 Å². The molecule has 0 saturated carbocycles. The summed E-state index contributed by atoms with van der Waals surface area (Å²) in [5.74, 6) is -0.580. The number of carbonyl (C=O) groups excluding carboxylic acids is 1. The van der Waals surface area contributed by atoms with Gasteiger partial charge >= 0.3 is 0 Å². The molecule has 1 aromatic carbocycles. The normalized spacial score (nSPS) is 11.9. The summed E-state index contributed by atoms with van der Waals surface area (Å²) in [5, 5.41) is 9.52. The number of aromatic hydroxyl groups is 1. The maximum absolute atomic E-state index is 13.0. The van der Waals surface area contributed by atoms with Crippen molar-refractivity contribution in [2.45, 2.75) is 0 Å². The third-order valence-electron chi connectivity index (χ3n) is 2.07. The molecule has 0 atom stereocenters. The number of halogens is 1. The van der Waals surface area contributed by atoms with Gasteiger partial charge in [0, 0.05) is 17.7 Å². The topological polar surface area (TPSA) is 40.5 Å². The molecule has 0 aliphatic heterocycles. The molecule has 0 amide bonds. The summed E-state index contributed by atoms with van der Waals surface area (Å²) in [7, 11) is 3.70. The molecule has 86 valence electrons. The molecule has 0 aliphatic rings. The number of carbonyl (C=O) groups is 1. The van der Waals surface area contributed by atoms with Crippen LogP contribution in [0, 0.1) is 5.82 Å². The fourth-order valence-electron chi connectivity index (χ4n) is 1.24. The van der Waals surface area contributed by atoms with E-state index in [9.17, 15) is 14.3 Å². The Morgan fingerprint density at radius 3 is 2.75 bits per heavy atom. The number of aldehydes is 1. The van der Waals surface area contributed by atoms with Crippen molar-refractivity contribution < 1.29 is 14.3 Å². The van der Waals surface area contributed by atoms with Crippen molar-refractivity contribution in [3.8, 4) is 5.75 Å². The molecule has 0 aliphatic carbocycles. The van der Waals surface area contributed by atoms with Crippen LogP contribution in [0.4, 0.5) is 4.39 Å². The van der Waals surface area contributed by atoms with E-state index in [2.05, 4.69) is 0 Å². The van der Waals surface area contributed by atoms with E-state index in [1.54, 1.807) is 6.08 Å². The Labute approximate surface area is 93.8 Å². The van der Waals surface area contributed by atoms with Crippen LogP contribution < -0.4 is 0 Å². The van der Waals surface area contributed by atoms with E-state index in [1.807, 2.05) is 19.0 Å². The predicted molar refractivity (Wildman–Crippen MR) is 60.7 cm³/mol. The average Bonchev–Trinajstić information content (AvgIpc) is 2.23. The van der Waals surface area contributed by atoms with Crippen LogP contribution in [0.25, 0.3) is 5.57 Å². The number of nitrogens with zero attached hydrogens (tertiary/aromatic N) is 1. The maximum atomic E-state index is 13.0. The van der Waals surface area contributed by atoms with E-state index < -0.39 is 5.82 Å². The standard InChI is InChI=1S/C12H14FNO2/c1-14(2)6-5-9(8-15)11-7-10(13)3-4-12(11)16/h3-5,7-8,16H,6H2,1-2H3/b9-5-. The molecule has 0 heterocycles. The molecule has 0 spiro atoms. The lowest BCUT2D eigenvalue weighted by Gasteiger charge is -2.07. The van der Waals surface area contributed by atoms with Crippen molar-refractivity contribution in [2.24, 2.45) is 0 Å². The van der Waals surface area contributed by atoms with Crippen LogP contribution in [0.5, 0.6) is 5.75 Å². The van der Waals surface area contributed by atoms with Crippen molar-refractivity contribution >= 4 is 11.9 Å². The molecule has 16 heavy (non-hydrogen) atoms. The van der Waals surface area contributed by atoms with Gasteiger partial charge in [0.2, 0.25) is 0 Å². The number of phenolic OH excluding ortho intramolecular Hbond substituents is 1. The minimum atomic E-state index is -0.481. The van der Waals surface area contributed by atoms with E-state index in [0.29, 0.717) is 12.8 Å². The number of allylic oxidation sites excluding steroid dienone is 1. The molecule has 0 aromatic heterocycles. The quantitative estimate of drug-likeness (QED) is 0.623. The molecule has 1 rings (SSSR count). The minimum Gasteiger partial charge on any atom is -0.507 e. The Kier molecular flexibility index (Phi) is 4.19. The lowest BCUT2D eigenvalue weighted by atomic mass is 10.1. The van der Waals surface area contributed by atoms with Crippen molar-refractivity contribution in [1.82, 2.24) is 4.90 Å². The van der Waals surface area contributed by atoms with E-state index in [0.717, 1.165) is 12.1 Å². The summed E-state index contributed by atoms with van der Waals surface area (Å²) in [4.78, 5) is 12.7. The van der Waals surface area contributed by atoms with E-state index in [4.69, 9.17) is 0 Å². The van der Waals surface area contributed by atoms with Gasteiger partial charge in [0.25, 0.3) is 0 Å². The average molecular weight is 223 g/mol. The molecule has 0 fully saturated rings. The van der Waals surface area contributed by atoms with E-state index in [-0.39, 0.29) is 16.9 Å². The molecule has 1 aromatic rings. The zero-order chi connectivity index (χ0) is 12.1. The highest BCUT2D eigenvalue weighted by Crippen LogP contribution is 2.24. The summed E-state index contributed by atoms with van der Waals surface area (Å²) in [6, 6.07) is 3.52. The van der Waals surface area contributed by atoms with Crippen molar-refractivity contribution in [3.05, 3.63) is 35.7 Å². The summed E-state index contributed by atoms with van der Waals surface area (Å²) in [5.41, 5.74) is 0.502. The van der Waals surface area contributed by atoms with Gasteiger partial charge in [0.05, 0.1) is 0 Å². The molecular formula is C12H14FNO2. The SMILES string of the molecule is CN(C)C/C=C(/C=O)c1cc(F)ccc1O. The van der Waals surface area contributed by atoms with E-state index >= 15 is 0 Å². The summed E-state index contributed by atoms with van der Waals surface area (Å²) >= 11 is 0. The summed E-state index contributed by atoms with van der Waals surface area (Å²) < 4.78 is 13.0. The first-order valence-corrected chi connectivity index (χ1v) is 4.83. The lowest BCUT2D eigenvalue weighted by molar-refractivity contribution is -0.103. The molecule has 1 N–H and O–H groups in total. The van der Waals surface area contributed by atoms with Gasteiger partial charge in [-0.15, -0.1) is 0 Å². The number of benzene rings is 1. The van der Waals surface area contributed by atoms with Gasteiger partial charge in [-0.1, -0.05) is 6.08 Å². The zero-order valence-electron chi connectivity index (χ0n) is 9.27. The maximum Gasteiger partial charge on any atom is 0.150 e. The van der Waals surface area contributed by atoms with Crippen molar-refractivity contribution in [1.29, 1.82) is 0 Å². The van der Waals surface area contributed by atoms with Crippen LogP contribution >= 0.6 is 0 Å². The Hall–Kier alpha value is -1.68. The number of hydrogen-bond donors (Lipinski definition) is 1. The fraction of sp³-hybridized carbons (Fsp3) is 0.250. The number of rotatable bonds is 4. The number of likely N-dealkylation sites (N-methyl/N-ethyl adjacent to an activating group) is 1. The van der Waals surface area contributed by atoms with Gasteiger partial charge in [0.15, 0.2) is 6.29 Å². The second-order valence-corrected chi connectivity index (χ2v) is 3.70. The van der Waals surface area contributed by atoms with E-state index in [1.165, 1.54) is 6.07 Å². The highest BCUT2D eigenvalue weighted by atomic mass is 19.1. The van der Waals surface area contributed by atoms with Gasteiger partial charge in [-0.2, -0.15) is 0 Å². The largest absolute Gasteiger partial charge is 0.507 e. The highest BCUT2D eigenvalue weighted by molar-refractivity contribution is 6.08. The summed E-state index contributed by atoms with van der Waals surface area (Å²) in [6.07, 6.45) is 2.25. The Morgan fingerprint density at radius 2 is 2.19 bits per heavy atom. The molecule has 0 radical (unpaired) electrons.